The number of aromatic nitrogens is 5. The van der Waals surface area contributed by atoms with E-state index < -0.39 is 5.76 Å². The molecule has 5 rings (SSSR count). The Bertz CT molecular complexity index is 1590. The number of hydrogen-bond donors (Lipinski definition) is 2. The fourth-order valence-corrected chi connectivity index (χ4v) is 5.14. The zero-order chi connectivity index (χ0) is 25.2. The zero-order valence-corrected chi connectivity index (χ0v) is 20.6. The number of H-pyrrole nitrogens is 1. The topological polar surface area (TPSA) is 120 Å². The molecule has 0 unspecified atom stereocenters. The van der Waals surface area contributed by atoms with Crippen LogP contribution in [0, 0.1) is 12.7 Å². The number of halogens is 1. The maximum Gasteiger partial charge on any atom is 0.439 e. The molecule has 0 bridgehead atoms. The van der Waals surface area contributed by atoms with Crippen LogP contribution in [0.5, 0.6) is 11.5 Å². The van der Waals surface area contributed by atoms with Crippen LogP contribution in [0.15, 0.2) is 46.0 Å². The first kappa shape index (κ1) is 23.5. The van der Waals surface area contributed by atoms with Crippen LogP contribution in [0.1, 0.15) is 12.6 Å². The van der Waals surface area contributed by atoms with Gasteiger partial charge in [-0.05, 0) is 26.0 Å². The number of hydrogen-bond acceptors (Lipinski definition) is 9. The number of rotatable bonds is 9. The largest absolute Gasteiger partial charge is 0.494 e. The normalized spacial score (nSPS) is 11.2. The van der Waals surface area contributed by atoms with Gasteiger partial charge in [-0.15, -0.1) is 11.3 Å². The lowest BCUT2D eigenvalue weighted by Gasteiger charge is -2.11. The highest BCUT2D eigenvalue weighted by Crippen LogP contribution is 2.41. The number of para-hydroxylation sites is 1. The first-order chi connectivity index (χ1) is 17.5. The van der Waals surface area contributed by atoms with Crippen molar-refractivity contribution in [3.8, 4) is 32.8 Å². The highest BCUT2D eigenvalue weighted by atomic mass is 32.1. The van der Waals surface area contributed by atoms with Crippen molar-refractivity contribution in [2.75, 3.05) is 25.6 Å². The second-order valence-electron chi connectivity index (χ2n) is 7.80. The van der Waals surface area contributed by atoms with Gasteiger partial charge in [0.05, 0.1) is 35.5 Å². The second kappa shape index (κ2) is 9.82. The summed E-state index contributed by atoms with van der Waals surface area (Å²) >= 11 is 1.36. The Morgan fingerprint density at radius 3 is 2.89 bits per heavy atom. The van der Waals surface area contributed by atoms with Gasteiger partial charge in [-0.2, -0.15) is 0 Å². The number of methoxy groups -OCH3 is 1. The maximum atomic E-state index is 14.6. The molecule has 0 aliphatic heterocycles. The van der Waals surface area contributed by atoms with Crippen molar-refractivity contribution >= 4 is 28.1 Å². The summed E-state index contributed by atoms with van der Waals surface area (Å²) in [5, 5.41) is 7.80. The summed E-state index contributed by atoms with van der Waals surface area (Å²) in [5.41, 5.74) is 2.03. The molecule has 0 spiro atoms. The van der Waals surface area contributed by atoms with E-state index in [1.54, 1.807) is 13.2 Å². The average Bonchev–Trinajstić information content (AvgIpc) is 3.56. The first-order valence-electron chi connectivity index (χ1n) is 11.2. The first-order valence-corrected chi connectivity index (χ1v) is 12.0. The molecular weight excluding hydrogens is 487 g/mol. The number of fused-ring (bicyclic) bond motifs is 1. The van der Waals surface area contributed by atoms with Crippen molar-refractivity contribution in [2.24, 2.45) is 0 Å². The second-order valence-corrected chi connectivity index (χ2v) is 8.85. The SMILES string of the molecule is CCOc1cc(-c2cc(NCCn3c(C)c(OC)c4cccc(F)c43)ncn2)sc1-c1noc(=O)[nH]1. The number of thiophene rings is 1. The molecule has 0 saturated heterocycles. The predicted octanol–water partition coefficient (Wildman–Crippen LogP) is 4.47. The molecule has 0 radical (unpaired) electrons. The van der Waals surface area contributed by atoms with E-state index in [4.69, 9.17) is 9.47 Å². The van der Waals surface area contributed by atoms with E-state index in [-0.39, 0.29) is 5.82 Å². The fraction of sp³-hybridized carbons (Fsp3) is 0.250. The van der Waals surface area contributed by atoms with E-state index in [1.807, 2.05) is 36.6 Å². The Hall–Kier alpha value is -4.19. The van der Waals surface area contributed by atoms with Gasteiger partial charge in [0.2, 0.25) is 0 Å². The molecule has 4 heterocycles. The van der Waals surface area contributed by atoms with Crippen molar-refractivity contribution in [3.05, 3.63) is 58.7 Å². The van der Waals surface area contributed by atoms with Crippen LogP contribution in [0.3, 0.4) is 0 Å². The molecule has 4 aromatic heterocycles. The highest BCUT2D eigenvalue weighted by molar-refractivity contribution is 7.19. The molecule has 12 heteroatoms. The molecule has 5 aromatic rings. The van der Waals surface area contributed by atoms with Gasteiger partial charge >= 0.3 is 5.76 Å². The summed E-state index contributed by atoms with van der Waals surface area (Å²) in [7, 11) is 1.59. The molecule has 1 aromatic carbocycles. The predicted molar refractivity (Wildman–Crippen MR) is 134 cm³/mol. The number of benzene rings is 1. The van der Waals surface area contributed by atoms with E-state index in [0.717, 1.165) is 16.0 Å². The Morgan fingerprint density at radius 1 is 1.28 bits per heavy atom. The summed E-state index contributed by atoms with van der Waals surface area (Å²) in [4.78, 5) is 24.1. The molecule has 2 N–H and O–H groups in total. The quantitative estimate of drug-likeness (QED) is 0.298. The summed E-state index contributed by atoms with van der Waals surface area (Å²) < 4.78 is 32.4. The van der Waals surface area contributed by atoms with E-state index in [2.05, 4.69) is 29.9 Å². The van der Waals surface area contributed by atoms with E-state index in [1.165, 1.54) is 23.7 Å². The number of nitrogens with zero attached hydrogens (tertiary/aromatic N) is 4. The molecule has 0 saturated carbocycles. The van der Waals surface area contributed by atoms with Crippen LogP contribution in [0.2, 0.25) is 0 Å². The molecule has 0 fully saturated rings. The third kappa shape index (κ3) is 4.31. The maximum absolute atomic E-state index is 14.6. The summed E-state index contributed by atoms with van der Waals surface area (Å²) in [5.74, 6) is 1.21. The minimum atomic E-state index is -0.640. The average molecular weight is 511 g/mol. The number of aromatic amines is 1. The zero-order valence-electron chi connectivity index (χ0n) is 19.8. The van der Waals surface area contributed by atoms with Crippen molar-refractivity contribution in [3.63, 3.8) is 0 Å². The van der Waals surface area contributed by atoms with Gasteiger partial charge in [-0.25, -0.2) is 19.2 Å². The molecule has 10 nitrogen and oxygen atoms in total. The third-order valence-electron chi connectivity index (χ3n) is 5.65. The number of ether oxygens (including phenoxy) is 2. The number of nitrogens with one attached hydrogen (secondary N) is 2. The standard InChI is InChI=1S/C24H23FN6O4S/c1-4-34-17-11-18(36-22(17)23-29-24(32)35-30-23)16-10-19(28-12-27-16)26-8-9-31-13(2)21(33-3)14-6-5-7-15(25)20(14)31/h5-7,10-12H,4,8-9H2,1-3H3,(H,26,27,28)(H,29,30,32). The molecule has 36 heavy (non-hydrogen) atoms. The Kier molecular flexibility index (Phi) is 6.42. The van der Waals surface area contributed by atoms with Gasteiger partial charge in [0.15, 0.2) is 5.82 Å². The van der Waals surface area contributed by atoms with Crippen LogP contribution in [0.25, 0.3) is 32.2 Å². The van der Waals surface area contributed by atoms with Crippen LogP contribution >= 0.6 is 11.3 Å². The van der Waals surface area contributed by atoms with Crippen molar-refractivity contribution in [1.82, 2.24) is 24.7 Å². The Labute approximate surface area is 208 Å². The van der Waals surface area contributed by atoms with Crippen molar-refractivity contribution in [1.29, 1.82) is 0 Å². The van der Waals surface area contributed by atoms with E-state index >= 15 is 0 Å². The lowest BCUT2D eigenvalue weighted by molar-refractivity contribution is 0.342. The van der Waals surface area contributed by atoms with E-state index in [9.17, 15) is 9.18 Å². The minimum Gasteiger partial charge on any atom is -0.494 e. The molecule has 0 aliphatic rings. The Balaban J connectivity index is 1.37. The smallest absolute Gasteiger partial charge is 0.439 e. The van der Waals surface area contributed by atoms with Gasteiger partial charge < -0.3 is 19.4 Å². The molecule has 0 amide bonds. The van der Waals surface area contributed by atoms with Crippen LogP contribution < -0.4 is 20.5 Å². The van der Waals surface area contributed by atoms with Gasteiger partial charge in [-0.1, -0.05) is 11.2 Å². The summed E-state index contributed by atoms with van der Waals surface area (Å²) in [6.07, 6.45) is 1.47. The van der Waals surface area contributed by atoms with Crippen LogP contribution in [-0.2, 0) is 6.54 Å². The van der Waals surface area contributed by atoms with Crippen LogP contribution in [0.4, 0.5) is 10.2 Å². The lowest BCUT2D eigenvalue weighted by atomic mass is 10.2. The fourth-order valence-electron chi connectivity index (χ4n) is 4.14. The lowest BCUT2D eigenvalue weighted by Crippen LogP contribution is -2.13. The molecule has 186 valence electrons. The van der Waals surface area contributed by atoms with Crippen molar-refractivity contribution in [2.45, 2.75) is 20.4 Å². The van der Waals surface area contributed by atoms with Gasteiger partial charge in [-0.3, -0.25) is 9.51 Å². The van der Waals surface area contributed by atoms with Gasteiger partial charge in [0, 0.05) is 30.6 Å². The Morgan fingerprint density at radius 2 is 2.14 bits per heavy atom. The molecule has 0 aliphatic carbocycles. The van der Waals surface area contributed by atoms with E-state index in [0.29, 0.717) is 58.9 Å². The summed E-state index contributed by atoms with van der Waals surface area (Å²) in [6.45, 7) is 5.23. The van der Waals surface area contributed by atoms with Gasteiger partial charge in [0.1, 0.15) is 34.3 Å². The van der Waals surface area contributed by atoms with Crippen LogP contribution in [-0.4, -0.2) is 44.9 Å². The number of anilines is 1. The highest BCUT2D eigenvalue weighted by Gasteiger charge is 2.19. The summed E-state index contributed by atoms with van der Waals surface area (Å²) in [6, 6.07) is 8.64. The third-order valence-corrected chi connectivity index (χ3v) is 6.80. The van der Waals surface area contributed by atoms with Crippen molar-refractivity contribution < 1.29 is 18.4 Å². The molecule has 0 atom stereocenters. The monoisotopic (exact) mass is 510 g/mol. The van der Waals surface area contributed by atoms with Gasteiger partial charge in [0.25, 0.3) is 0 Å². The molecular formula is C24H23FN6O4S. The minimum absolute atomic E-state index is 0.295.